The molecule has 6 nitrogen and oxygen atoms in total. The fraction of sp³-hybridized carbons (Fsp3) is 0.0588. The highest BCUT2D eigenvalue weighted by Crippen LogP contribution is 2.27. The average molecular weight is 389 g/mol. The Labute approximate surface area is 156 Å². The zero-order chi connectivity index (χ0) is 17.9. The fourth-order valence-corrected chi connectivity index (χ4v) is 2.95. The van der Waals surface area contributed by atoms with Crippen LogP contribution in [0.15, 0.2) is 62.7 Å². The molecule has 0 fully saturated rings. The summed E-state index contributed by atoms with van der Waals surface area (Å²) < 4.78 is 23.8. The van der Waals surface area contributed by atoms with Gasteiger partial charge in [-0.25, -0.2) is 4.39 Å². The molecule has 2 heterocycles. The molecule has 0 saturated carbocycles. The molecule has 0 unspecified atom stereocenters. The average Bonchev–Trinajstić information content (AvgIpc) is 3.30. The molecule has 0 aliphatic rings. The van der Waals surface area contributed by atoms with Gasteiger partial charge in [0, 0.05) is 16.1 Å². The quantitative estimate of drug-likeness (QED) is 0.451. The van der Waals surface area contributed by atoms with Crippen LogP contribution >= 0.6 is 23.4 Å². The van der Waals surface area contributed by atoms with Gasteiger partial charge in [-0.15, -0.1) is 10.2 Å². The fourth-order valence-electron chi connectivity index (χ4n) is 2.15. The van der Waals surface area contributed by atoms with Gasteiger partial charge in [0.05, 0.1) is 5.75 Å². The minimum atomic E-state index is -0.323. The van der Waals surface area contributed by atoms with Crippen molar-refractivity contribution >= 4 is 23.4 Å². The van der Waals surface area contributed by atoms with E-state index in [1.54, 1.807) is 24.3 Å². The maximum Gasteiger partial charge on any atom is 0.277 e. The highest BCUT2D eigenvalue weighted by atomic mass is 35.5. The number of rotatable bonds is 5. The maximum atomic E-state index is 13.0. The molecule has 4 rings (SSSR count). The molecule has 130 valence electrons. The van der Waals surface area contributed by atoms with Gasteiger partial charge in [-0.3, -0.25) is 0 Å². The second-order valence-corrected chi connectivity index (χ2v) is 6.56. The molecule has 0 saturated heterocycles. The van der Waals surface area contributed by atoms with Crippen molar-refractivity contribution in [1.82, 2.24) is 20.3 Å². The normalized spacial score (nSPS) is 11.0. The third-order valence-electron chi connectivity index (χ3n) is 3.36. The molecule has 0 spiro atoms. The maximum absolute atomic E-state index is 13.0. The van der Waals surface area contributed by atoms with Crippen LogP contribution in [0.3, 0.4) is 0 Å². The Kier molecular flexibility index (Phi) is 4.68. The van der Waals surface area contributed by atoms with E-state index >= 15 is 0 Å². The molecule has 0 aliphatic carbocycles. The summed E-state index contributed by atoms with van der Waals surface area (Å²) in [5.41, 5.74) is 1.39. The van der Waals surface area contributed by atoms with Crippen molar-refractivity contribution in [1.29, 1.82) is 0 Å². The Morgan fingerprint density at radius 3 is 2.65 bits per heavy atom. The van der Waals surface area contributed by atoms with Crippen molar-refractivity contribution in [3.63, 3.8) is 0 Å². The van der Waals surface area contributed by atoms with Crippen molar-refractivity contribution in [2.24, 2.45) is 0 Å². The van der Waals surface area contributed by atoms with Crippen molar-refractivity contribution in [2.45, 2.75) is 11.0 Å². The largest absolute Gasteiger partial charge is 0.411 e. The highest BCUT2D eigenvalue weighted by molar-refractivity contribution is 7.98. The summed E-state index contributed by atoms with van der Waals surface area (Å²) in [6.45, 7) is 0. The standard InChI is InChI=1S/C17H10ClFN4O2S/c18-12-3-1-2-11(8-12)16-21-22-17(24-16)26-9-14-20-15(25-23-14)10-4-6-13(19)7-5-10/h1-8H,9H2. The van der Waals surface area contributed by atoms with Crippen molar-refractivity contribution in [2.75, 3.05) is 0 Å². The molecule has 0 amide bonds. The summed E-state index contributed by atoms with van der Waals surface area (Å²) in [6.07, 6.45) is 0. The summed E-state index contributed by atoms with van der Waals surface area (Å²) in [7, 11) is 0. The van der Waals surface area contributed by atoms with Crippen LogP contribution < -0.4 is 0 Å². The summed E-state index contributed by atoms with van der Waals surface area (Å²) in [5, 5.41) is 12.9. The number of aromatic nitrogens is 4. The molecule has 0 bridgehead atoms. The van der Waals surface area contributed by atoms with Gasteiger partial charge < -0.3 is 8.94 Å². The molecular weight excluding hydrogens is 379 g/mol. The summed E-state index contributed by atoms with van der Waals surface area (Å²) >= 11 is 7.25. The van der Waals surface area contributed by atoms with Gasteiger partial charge in [-0.05, 0) is 42.5 Å². The minimum Gasteiger partial charge on any atom is -0.411 e. The number of benzene rings is 2. The predicted octanol–water partition coefficient (Wildman–Crippen LogP) is 4.87. The predicted molar refractivity (Wildman–Crippen MR) is 94.0 cm³/mol. The lowest BCUT2D eigenvalue weighted by molar-refractivity contribution is 0.425. The summed E-state index contributed by atoms with van der Waals surface area (Å²) in [6, 6.07) is 13.0. The number of nitrogens with zero attached hydrogens (tertiary/aromatic N) is 4. The first-order chi connectivity index (χ1) is 12.7. The van der Waals surface area contributed by atoms with Gasteiger partial charge in [-0.2, -0.15) is 4.98 Å². The Morgan fingerprint density at radius 2 is 1.85 bits per heavy atom. The van der Waals surface area contributed by atoms with E-state index in [0.29, 0.717) is 39.2 Å². The monoisotopic (exact) mass is 388 g/mol. The number of thioether (sulfide) groups is 1. The minimum absolute atomic E-state index is 0.323. The molecule has 0 N–H and O–H groups in total. The van der Waals surface area contributed by atoms with E-state index in [4.69, 9.17) is 20.5 Å². The van der Waals surface area contributed by atoms with Crippen molar-refractivity contribution in [3.05, 3.63) is 65.2 Å². The Bertz CT molecular complexity index is 1040. The lowest BCUT2D eigenvalue weighted by Gasteiger charge is -1.94. The van der Waals surface area contributed by atoms with Crippen molar-refractivity contribution in [3.8, 4) is 22.9 Å². The molecule has 2 aromatic carbocycles. The van der Waals surface area contributed by atoms with Crippen LogP contribution in [-0.4, -0.2) is 20.3 Å². The molecule has 4 aromatic rings. The van der Waals surface area contributed by atoms with Crippen LogP contribution in [-0.2, 0) is 5.75 Å². The van der Waals surface area contributed by atoms with Crippen LogP contribution in [0.2, 0.25) is 5.02 Å². The number of hydrogen-bond donors (Lipinski definition) is 0. The van der Waals surface area contributed by atoms with Crippen LogP contribution in [0.25, 0.3) is 22.9 Å². The van der Waals surface area contributed by atoms with Crippen LogP contribution in [0.4, 0.5) is 4.39 Å². The first kappa shape index (κ1) is 16.7. The number of halogens is 2. The second kappa shape index (κ2) is 7.27. The molecule has 2 aromatic heterocycles. The van der Waals surface area contributed by atoms with E-state index in [1.807, 2.05) is 12.1 Å². The molecule has 26 heavy (non-hydrogen) atoms. The SMILES string of the molecule is Fc1ccc(-c2nc(CSc3nnc(-c4cccc(Cl)c4)o3)no2)cc1. The third kappa shape index (κ3) is 3.76. The topological polar surface area (TPSA) is 77.8 Å². The zero-order valence-corrected chi connectivity index (χ0v) is 14.7. The highest BCUT2D eigenvalue weighted by Gasteiger charge is 2.13. The summed E-state index contributed by atoms with van der Waals surface area (Å²) in [4.78, 5) is 4.27. The lowest BCUT2D eigenvalue weighted by atomic mass is 10.2. The van der Waals surface area contributed by atoms with Gasteiger partial charge in [0.25, 0.3) is 11.1 Å². The lowest BCUT2D eigenvalue weighted by Crippen LogP contribution is -1.84. The van der Waals surface area contributed by atoms with Gasteiger partial charge in [0.2, 0.25) is 5.89 Å². The number of hydrogen-bond acceptors (Lipinski definition) is 7. The van der Waals surface area contributed by atoms with Gasteiger partial charge in [0.1, 0.15) is 5.82 Å². The van der Waals surface area contributed by atoms with Crippen LogP contribution in [0, 0.1) is 5.82 Å². The van der Waals surface area contributed by atoms with E-state index in [-0.39, 0.29) is 5.82 Å². The Morgan fingerprint density at radius 1 is 1.00 bits per heavy atom. The van der Waals surface area contributed by atoms with E-state index < -0.39 is 0 Å². The zero-order valence-electron chi connectivity index (χ0n) is 13.1. The van der Waals surface area contributed by atoms with Gasteiger partial charge >= 0.3 is 0 Å². The van der Waals surface area contributed by atoms with Crippen LogP contribution in [0.5, 0.6) is 0 Å². The second-order valence-electron chi connectivity index (χ2n) is 5.19. The third-order valence-corrected chi connectivity index (χ3v) is 4.41. The molecule has 9 heteroatoms. The van der Waals surface area contributed by atoms with E-state index in [1.165, 1.54) is 23.9 Å². The van der Waals surface area contributed by atoms with Crippen LogP contribution in [0.1, 0.15) is 5.82 Å². The Hall–Kier alpha value is -2.71. The summed E-state index contributed by atoms with van der Waals surface area (Å²) in [5.74, 6) is 1.25. The molecule has 0 radical (unpaired) electrons. The van der Waals surface area contributed by atoms with E-state index in [9.17, 15) is 4.39 Å². The molecule has 0 aliphatic heterocycles. The smallest absolute Gasteiger partial charge is 0.277 e. The first-order valence-corrected chi connectivity index (χ1v) is 8.84. The van der Waals surface area contributed by atoms with E-state index in [0.717, 1.165) is 5.56 Å². The molecular formula is C17H10ClFN4O2S. The van der Waals surface area contributed by atoms with E-state index in [2.05, 4.69) is 20.3 Å². The Balaban J connectivity index is 1.43. The van der Waals surface area contributed by atoms with Gasteiger partial charge in [-0.1, -0.05) is 34.6 Å². The van der Waals surface area contributed by atoms with Crippen molar-refractivity contribution < 1.29 is 13.3 Å². The molecule has 0 atom stereocenters. The van der Waals surface area contributed by atoms with Gasteiger partial charge in [0.15, 0.2) is 5.82 Å². The first-order valence-electron chi connectivity index (χ1n) is 7.48.